The van der Waals surface area contributed by atoms with Crippen LogP contribution in [0, 0.1) is 17.7 Å². The van der Waals surface area contributed by atoms with Crippen LogP contribution in [0.1, 0.15) is 25.3 Å². The lowest BCUT2D eigenvalue weighted by molar-refractivity contribution is -0.124. The molecule has 0 amide bonds. The van der Waals surface area contributed by atoms with Crippen molar-refractivity contribution in [2.24, 2.45) is 11.8 Å². The summed E-state index contributed by atoms with van der Waals surface area (Å²) in [5.41, 5.74) is 0.805. The first kappa shape index (κ1) is 13.8. The van der Waals surface area contributed by atoms with Crippen LogP contribution < -0.4 is 0 Å². The van der Waals surface area contributed by atoms with Crippen molar-refractivity contribution in [2.45, 2.75) is 26.2 Å². The fraction of sp³-hybridized carbons (Fsp3) is 0.438. The number of hydrogen-bond acceptors (Lipinski definition) is 2. The quantitative estimate of drug-likeness (QED) is 0.703. The van der Waals surface area contributed by atoms with E-state index in [1.54, 1.807) is 6.07 Å². The van der Waals surface area contributed by atoms with Gasteiger partial charge in [-0.1, -0.05) is 18.7 Å². The molecule has 102 valence electrons. The molecule has 1 unspecified atom stereocenters. The first-order valence-electron chi connectivity index (χ1n) is 6.71. The molecule has 0 spiro atoms. The number of allylic oxidation sites excluding steroid dienone is 1. The van der Waals surface area contributed by atoms with E-state index >= 15 is 0 Å². The Morgan fingerprint density at radius 3 is 2.84 bits per heavy atom. The van der Waals surface area contributed by atoms with Crippen molar-refractivity contribution in [1.82, 2.24) is 0 Å². The smallest absolute Gasteiger partial charge is 0.146 e. The van der Waals surface area contributed by atoms with Gasteiger partial charge >= 0.3 is 0 Å². The molecule has 1 atom stereocenters. The first-order chi connectivity index (χ1) is 9.11. The summed E-state index contributed by atoms with van der Waals surface area (Å²) in [4.78, 5) is 12.3. The highest BCUT2D eigenvalue weighted by atomic mass is 19.1. The van der Waals surface area contributed by atoms with Crippen molar-refractivity contribution >= 4 is 5.78 Å². The average molecular weight is 262 g/mol. The molecule has 1 aromatic rings. The lowest BCUT2D eigenvalue weighted by atomic mass is 9.91. The summed E-state index contributed by atoms with van der Waals surface area (Å²) in [7, 11) is 0. The zero-order chi connectivity index (χ0) is 13.8. The predicted molar refractivity (Wildman–Crippen MR) is 72.1 cm³/mol. The van der Waals surface area contributed by atoms with Gasteiger partial charge in [0.15, 0.2) is 0 Å². The highest BCUT2D eigenvalue weighted by Crippen LogP contribution is 2.35. The van der Waals surface area contributed by atoms with E-state index in [4.69, 9.17) is 4.74 Å². The highest BCUT2D eigenvalue weighted by molar-refractivity contribution is 5.87. The summed E-state index contributed by atoms with van der Waals surface area (Å²) in [5, 5.41) is 0. The van der Waals surface area contributed by atoms with E-state index in [-0.39, 0.29) is 23.4 Å². The summed E-state index contributed by atoms with van der Waals surface area (Å²) in [6.45, 7) is 6.22. The number of halogens is 1. The van der Waals surface area contributed by atoms with Gasteiger partial charge in [-0.05, 0) is 43.9 Å². The third kappa shape index (κ3) is 3.66. The third-order valence-corrected chi connectivity index (χ3v) is 3.37. The number of carbonyl (C=O) groups excluding carboxylic acids is 1. The van der Waals surface area contributed by atoms with Crippen molar-refractivity contribution < 1.29 is 13.9 Å². The van der Waals surface area contributed by atoms with Gasteiger partial charge in [0.1, 0.15) is 11.6 Å². The number of carbonyl (C=O) groups is 1. The van der Waals surface area contributed by atoms with Crippen molar-refractivity contribution in [2.75, 3.05) is 6.61 Å². The number of ether oxygens (including phenoxy) is 1. The van der Waals surface area contributed by atoms with Gasteiger partial charge < -0.3 is 4.74 Å². The van der Waals surface area contributed by atoms with Crippen LogP contribution in [0.5, 0.6) is 0 Å². The summed E-state index contributed by atoms with van der Waals surface area (Å²) in [6, 6.07) is 6.35. The number of ketones is 1. The maximum Gasteiger partial charge on any atom is 0.146 e. The molecule has 0 N–H and O–H groups in total. The van der Waals surface area contributed by atoms with E-state index in [0.717, 1.165) is 18.4 Å². The molecule has 0 heterocycles. The second-order valence-electron chi connectivity index (χ2n) is 4.96. The largest absolute Gasteiger partial charge is 0.498 e. The van der Waals surface area contributed by atoms with Gasteiger partial charge in [0.25, 0.3) is 0 Å². The Balaban J connectivity index is 2.12. The Bertz CT molecular complexity index is 477. The topological polar surface area (TPSA) is 26.3 Å². The molecule has 19 heavy (non-hydrogen) atoms. The van der Waals surface area contributed by atoms with Crippen molar-refractivity contribution in [1.29, 1.82) is 0 Å². The number of benzene rings is 1. The van der Waals surface area contributed by atoms with Crippen molar-refractivity contribution in [3.63, 3.8) is 0 Å². The fourth-order valence-electron chi connectivity index (χ4n) is 2.21. The molecular weight excluding hydrogens is 243 g/mol. The van der Waals surface area contributed by atoms with Gasteiger partial charge in [-0.2, -0.15) is 0 Å². The molecule has 1 aliphatic carbocycles. The summed E-state index contributed by atoms with van der Waals surface area (Å²) >= 11 is 0. The summed E-state index contributed by atoms with van der Waals surface area (Å²) in [6.07, 6.45) is 2.38. The molecule has 2 nitrogen and oxygen atoms in total. The minimum Gasteiger partial charge on any atom is -0.498 e. The highest BCUT2D eigenvalue weighted by Gasteiger charge is 2.36. The maximum absolute atomic E-state index is 13.2. The second-order valence-corrected chi connectivity index (χ2v) is 4.96. The second kappa shape index (κ2) is 6.00. The van der Waals surface area contributed by atoms with Crippen molar-refractivity contribution in [3.8, 4) is 0 Å². The van der Waals surface area contributed by atoms with Crippen LogP contribution >= 0.6 is 0 Å². The van der Waals surface area contributed by atoms with Crippen LogP contribution in [0.25, 0.3) is 0 Å². The van der Waals surface area contributed by atoms with Gasteiger partial charge in [-0.25, -0.2) is 4.39 Å². The zero-order valence-corrected chi connectivity index (χ0v) is 11.2. The lowest BCUT2D eigenvalue weighted by Gasteiger charge is -2.18. The zero-order valence-electron chi connectivity index (χ0n) is 11.2. The van der Waals surface area contributed by atoms with E-state index in [1.807, 2.05) is 13.0 Å². The molecule has 1 saturated carbocycles. The molecule has 1 aromatic carbocycles. The predicted octanol–water partition coefficient (Wildman–Crippen LogP) is 3.51. The van der Waals surface area contributed by atoms with Crippen LogP contribution in [0.4, 0.5) is 4.39 Å². The molecule has 3 heteroatoms. The van der Waals surface area contributed by atoms with Crippen LogP contribution in [0.2, 0.25) is 0 Å². The van der Waals surface area contributed by atoms with E-state index in [9.17, 15) is 9.18 Å². The van der Waals surface area contributed by atoms with Crippen LogP contribution in [-0.4, -0.2) is 12.4 Å². The number of rotatable bonds is 7. The maximum atomic E-state index is 13.2. The molecule has 0 aromatic heterocycles. The molecule has 0 radical (unpaired) electrons. The summed E-state index contributed by atoms with van der Waals surface area (Å²) in [5.74, 6) is 0.202. The van der Waals surface area contributed by atoms with Gasteiger partial charge in [-0.15, -0.1) is 0 Å². The first-order valence-corrected chi connectivity index (χ1v) is 6.71. The summed E-state index contributed by atoms with van der Waals surface area (Å²) < 4.78 is 18.6. The van der Waals surface area contributed by atoms with E-state index < -0.39 is 0 Å². The van der Waals surface area contributed by atoms with Crippen LogP contribution in [-0.2, 0) is 16.0 Å². The van der Waals surface area contributed by atoms with Gasteiger partial charge in [0.05, 0.1) is 18.3 Å². The van der Waals surface area contributed by atoms with Gasteiger partial charge in [0, 0.05) is 5.92 Å². The Morgan fingerprint density at radius 1 is 1.53 bits per heavy atom. The number of hydrogen-bond donors (Lipinski definition) is 0. The average Bonchev–Trinajstić information content (AvgIpc) is 3.19. The lowest BCUT2D eigenvalue weighted by Crippen LogP contribution is -2.22. The Hall–Kier alpha value is -1.64. The fourth-order valence-corrected chi connectivity index (χ4v) is 2.21. The number of Topliss-reactive ketones (excluding diaryl/α,β-unsaturated/α-hetero) is 1. The van der Waals surface area contributed by atoms with E-state index in [0.29, 0.717) is 18.8 Å². The minimum absolute atomic E-state index is 0.149. The Kier molecular flexibility index (Phi) is 4.35. The Labute approximate surface area is 113 Å². The minimum atomic E-state index is -0.353. The third-order valence-electron chi connectivity index (χ3n) is 3.37. The van der Waals surface area contributed by atoms with E-state index in [1.165, 1.54) is 12.1 Å². The molecule has 0 aliphatic heterocycles. The Morgan fingerprint density at radius 2 is 2.26 bits per heavy atom. The van der Waals surface area contributed by atoms with Gasteiger partial charge in [0.2, 0.25) is 0 Å². The molecule has 1 aliphatic rings. The monoisotopic (exact) mass is 262 g/mol. The molecule has 1 fully saturated rings. The standard InChI is InChI=1S/C16H19FO2/c1-3-19-11(2)15(16(18)13-7-8-13)10-12-5-4-6-14(17)9-12/h4-6,9,13,15H,2-3,7-8,10H2,1H3. The van der Waals surface area contributed by atoms with Crippen LogP contribution in [0.3, 0.4) is 0 Å². The van der Waals surface area contributed by atoms with Crippen molar-refractivity contribution in [3.05, 3.63) is 48.0 Å². The van der Waals surface area contributed by atoms with E-state index in [2.05, 4.69) is 6.58 Å². The van der Waals surface area contributed by atoms with Crippen LogP contribution in [0.15, 0.2) is 36.6 Å². The molecule has 0 saturated heterocycles. The molecular formula is C16H19FO2. The normalized spacial score (nSPS) is 15.9. The van der Waals surface area contributed by atoms with Gasteiger partial charge in [-0.3, -0.25) is 4.79 Å². The molecule has 0 bridgehead atoms. The molecule has 2 rings (SSSR count). The SMILES string of the molecule is C=C(OCC)C(Cc1cccc(F)c1)C(=O)C1CC1.